The first-order chi connectivity index (χ1) is 16.5. The van der Waals surface area contributed by atoms with Crippen molar-refractivity contribution < 1.29 is 9.90 Å². The van der Waals surface area contributed by atoms with Crippen molar-refractivity contribution >= 4 is 38.2 Å². The van der Waals surface area contributed by atoms with Crippen molar-refractivity contribution in [3.8, 4) is 5.75 Å². The van der Waals surface area contributed by atoms with Gasteiger partial charge in [-0.25, -0.2) is 0 Å². The number of benzene rings is 5. The van der Waals surface area contributed by atoms with Gasteiger partial charge in [0.1, 0.15) is 5.75 Å². The molecule has 5 aromatic carbocycles. The van der Waals surface area contributed by atoms with E-state index in [9.17, 15) is 9.90 Å². The van der Waals surface area contributed by atoms with Crippen LogP contribution >= 0.6 is 0 Å². The molecular formula is C31H27NO2. The second-order valence-electron chi connectivity index (χ2n) is 9.68. The number of aromatic hydroxyl groups is 1. The number of carbonyl (C=O) groups excluding carboxylic acids is 1. The van der Waals surface area contributed by atoms with Gasteiger partial charge in [0.15, 0.2) is 0 Å². The molecule has 2 unspecified atom stereocenters. The Balaban J connectivity index is 1.43. The molecule has 0 heterocycles. The first-order valence-electron chi connectivity index (χ1n) is 12.0. The Hall–Kier alpha value is -3.85. The van der Waals surface area contributed by atoms with E-state index in [0.29, 0.717) is 11.5 Å². The molecule has 0 saturated carbocycles. The molecule has 34 heavy (non-hydrogen) atoms. The van der Waals surface area contributed by atoms with Gasteiger partial charge in [-0.05, 0) is 99.0 Å². The van der Waals surface area contributed by atoms with Gasteiger partial charge in [-0.2, -0.15) is 0 Å². The molecule has 5 aromatic rings. The van der Waals surface area contributed by atoms with Crippen LogP contribution in [0.3, 0.4) is 0 Å². The summed E-state index contributed by atoms with van der Waals surface area (Å²) in [6.45, 7) is 4.38. The number of rotatable bonds is 2. The summed E-state index contributed by atoms with van der Waals surface area (Å²) in [4.78, 5) is 13.3. The number of phenolic OH excluding ortho intramolecular Hbond substituents is 1. The third kappa shape index (κ3) is 3.31. The maximum absolute atomic E-state index is 13.3. The highest BCUT2D eigenvalue weighted by Gasteiger charge is 2.30. The minimum absolute atomic E-state index is 0.0259. The lowest BCUT2D eigenvalue weighted by Gasteiger charge is -2.33. The molecule has 0 fully saturated rings. The third-order valence-electron chi connectivity index (χ3n) is 7.49. The first-order valence-corrected chi connectivity index (χ1v) is 12.0. The molecule has 3 heteroatoms. The predicted molar refractivity (Wildman–Crippen MR) is 139 cm³/mol. The molecule has 168 valence electrons. The summed E-state index contributed by atoms with van der Waals surface area (Å²) in [6.07, 6.45) is 2.03. The van der Waals surface area contributed by atoms with Crippen LogP contribution in [0.25, 0.3) is 32.3 Å². The van der Waals surface area contributed by atoms with Crippen LogP contribution in [0.2, 0.25) is 0 Å². The molecule has 2 N–H and O–H groups in total. The third-order valence-corrected chi connectivity index (χ3v) is 7.49. The minimum Gasteiger partial charge on any atom is -0.508 e. The van der Waals surface area contributed by atoms with E-state index in [1.54, 1.807) is 6.07 Å². The van der Waals surface area contributed by atoms with E-state index in [1.165, 1.54) is 27.5 Å². The highest BCUT2D eigenvalue weighted by atomic mass is 16.3. The van der Waals surface area contributed by atoms with E-state index < -0.39 is 0 Å². The average Bonchev–Trinajstić information content (AvgIpc) is 2.84. The van der Waals surface area contributed by atoms with Crippen molar-refractivity contribution in [2.24, 2.45) is 5.92 Å². The highest BCUT2D eigenvalue weighted by molar-refractivity contribution is 6.10. The average molecular weight is 446 g/mol. The van der Waals surface area contributed by atoms with Crippen LogP contribution in [-0.4, -0.2) is 11.0 Å². The molecule has 0 radical (unpaired) electrons. The second kappa shape index (κ2) is 7.88. The van der Waals surface area contributed by atoms with Crippen LogP contribution in [0.4, 0.5) is 0 Å². The first kappa shape index (κ1) is 20.7. The van der Waals surface area contributed by atoms with Crippen molar-refractivity contribution in [2.45, 2.75) is 32.7 Å². The molecule has 0 bridgehead atoms. The van der Waals surface area contributed by atoms with Crippen LogP contribution in [0.15, 0.2) is 78.9 Å². The van der Waals surface area contributed by atoms with Crippen molar-refractivity contribution in [1.82, 2.24) is 5.32 Å². The summed E-state index contributed by atoms with van der Waals surface area (Å²) < 4.78 is 0. The number of nitrogens with one attached hydrogen (secondary N) is 1. The van der Waals surface area contributed by atoms with Crippen LogP contribution in [0.1, 0.15) is 46.4 Å². The molecule has 0 saturated heterocycles. The Bertz CT molecular complexity index is 1600. The molecule has 2 atom stereocenters. The van der Waals surface area contributed by atoms with E-state index in [4.69, 9.17) is 0 Å². The smallest absolute Gasteiger partial charge is 0.251 e. The summed E-state index contributed by atoms with van der Waals surface area (Å²) in [5, 5.41) is 20.2. The molecule has 3 nitrogen and oxygen atoms in total. The van der Waals surface area contributed by atoms with Crippen LogP contribution < -0.4 is 5.32 Å². The van der Waals surface area contributed by atoms with E-state index in [-0.39, 0.29) is 17.7 Å². The van der Waals surface area contributed by atoms with Crippen LogP contribution in [0.5, 0.6) is 5.75 Å². The van der Waals surface area contributed by atoms with Gasteiger partial charge < -0.3 is 10.4 Å². The molecule has 1 aliphatic carbocycles. The zero-order valence-electron chi connectivity index (χ0n) is 19.4. The highest BCUT2D eigenvalue weighted by Crippen LogP contribution is 2.41. The zero-order chi connectivity index (χ0) is 23.4. The lowest BCUT2D eigenvalue weighted by molar-refractivity contribution is 0.0919. The summed E-state index contributed by atoms with van der Waals surface area (Å²) in [5.74, 6) is 0.614. The summed E-state index contributed by atoms with van der Waals surface area (Å²) in [5.41, 5.74) is 4.47. The van der Waals surface area contributed by atoms with Gasteiger partial charge >= 0.3 is 0 Å². The van der Waals surface area contributed by atoms with Gasteiger partial charge in [0, 0.05) is 5.56 Å². The summed E-state index contributed by atoms with van der Waals surface area (Å²) in [7, 11) is 0. The fourth-order valence-corrected chi connectivity index (χ4v) is 5.74. The fraction of sp³-hybridized carbons (Fsp3) is 0.194. The lowest BCUT2D eigenvalue weighted by atomic mass is 9.77. The minimum atomic E-state index is -0.0266. The predicted octanol–water partition coefficient (Wildman–Crippen LogP) is 7.21. The Labute approximate surface area is 199 Å². The van der Waals surface area contributed by atoms with E-state index in [0.717, 1.165) is 34.4 Å². The number of hydrogen-bond donors (Lipinski definition) is 2. The van der Waals surface area contributed by atoms with E-state index in [2.05, 4.69) is 43.4 Å². The molecule has 0 aromatic heterocycles. The SMILES string of the molecule is Cc1cc2cc(O)ccc2c2ccc3c(c12)CCC(C)C3NC(=O)c1ccc2ccccc2c1. The van der Waals surface area contributed by atoms with Gasteiger partial charge in [0.25, 0.3) is 5.91 Å². The molecule has 1 amide bonds. The fourth-order valence-electron chi connectivity index (χ4n) is 5.74. The van der Waals surface area contributed by atoms with E-state index >= 15 is 0 Å². The van der Waals surface area contributed by atoms with Crippen molar-refractivity contribution in [3.63, 3.8) is 0 Å². The van der Waals surface area contributed by atoms with Crippen LogP contribution in [0, 0.1) is 12.8 Å². The number of phenols is 1. The van der Waals surface area contributed by atoms with Gasteiger partial charge in [0.2, 0.25) is 0 Å². The molecule has 1 aliphatic rings. The Morgan fingerprint density at radius 1 is 0.882 bits per heavy atom. The summed E-state index contributed by atoms with van der Waals surface area (Å²) >= 11 is 0. The van der Waals surface area contributed by atoms with Gasteiger partial charge in [-0.1, -0.05) is 61.5 Å². The maximum atomic E-state index is 13.3. The number of carbonyl (C=O) groups is 1. The lowest BCUT2D eigenvalue weighted by Crippen LogP contribution is -2.35. The van der Waals surface area contributed by atoms with Crippen molar-refractivity contribution in [3.05, 3.63) is 101 Å². The maximum Gasteiger partial charge on any atom is 0.251 e. The number of hydrogen-bond acceptors (Lipinski definition) is 2. The largest absolute Gasteiger partial charge is 0.508 e. The zero-order valence-corrected chi connectivity index (χ0v) is 19.4. The number of fused-ring (bicyclic) bond motifs is 6. The molecule has 6 rings (SSSR count). The number of amides is 1. The van der Waals surface area contributed by atoms with Crippen molar-refractivity contribution in [2.75, 3.05) is 0 Å². The Kier molecular flexibility index (Phi) is 4.80. The normalized spacial score (nSPS) is 17.7. The Morgan fingerprint density at radius 3 is 2.53 bits per heavy atom. The van der Waals surface area contributed by atoms with Gasteiger partial charge in [0.05, 0.1) is 6.04 Å². The quantitative estimate of drug-likeness (QED) is 0.282. The van der Waals surface area contributed by atoms with Crippen LogP contribution in [-0.2, 0) is 6.42 Å². The molecule has 0 aliphatic heterocycles. The second-order valence-corrected chi connectivity index (χ2v) is 9.68. The van der Waals surface area contributed by atoms with Crippen molar-refractivity contribution in [1.29, 1.82) is 0 Å². The standard InChI is InChI=1S/C31H27NO2/c1-18-7-11-27-28(14-13-26-25-12-10-24(33)17-23(25)15-19(2)29(26)27)30(18)32-31(34)22-9-8-20-5-3-4-6-21(20)16-22/h3-6,8-10,12-18,30,33H,7,11H2,1-2H3,(H,32,34). The topological polar surface area (TPSA) is 49.3 Å². The number of aryl methyl sites for hydroxylation is 2. The Morgan fingerprint density at radius 2 is 1.68 bits per heavy atom. The molecular weight excluding hydrogens is 418 g/mol. The summed E-state index contributed by atoms with van der Waals surface area (Å²) in [6, 6.07) is 26.1. The van der Waals surface area contributed by atoms with E-state index in [1.807, 2.05) is 48.5 Å². The molecule has 0 spiro atoms. The monoisotopic (exact) mass is 445 g/mol. The van der Waals surface area contributed by atoms with Gasteiger partial charge in [-0.15, -0.1) is 0 Å². The van der Waals surface area contributed by atoms with Gasteiger partial charge in [-0.3, -0.25) is 4.79 Å².